The van der Waals surface area contributed by atoms with Gasteiger partial charge in [-0.25, -0.2) is 0 Å². The topological polar surface area (TPSA) is 72.6 Å². The van der Waals surface area contributed by atoms with Gasteiger partial charge >= 0.3 is 5.97 Å². The number of esters is 1. The Morgan fingerprint density at radius 1 is 1.57 bits per heavy atom. The summed E-state index contributed by atoms with van der Waals surface area (Å²) in [5, 5.41) is 8.90. The highest BCUT2D eigenvalue weighted by Gasteiger charge is 2.43. The molecule has 2 aliphatic rings. The minimum Gasteiger partial charge on any atom is -0.462 e. The summed E-state index contributed by atoms with van der Waals surface area (Å²) in [6.07, 6.45) is 5.17. The number of fused-ring (bicyclic) bond motifs is 1. The van der Waals surface area contributed by atoms with Crippen molar-refractivity contribution in [1.82, 2.24) is 0 Å². The van der Waals surface area contributed by atoms with Crippen LogP contribution in [0.15, 0.2) is 12.2 Å². The maximum Gasteiger partial charge on any atom is 0.306 e. The first-order valence-electron chi connectivity index (χ1n) is 4.98. The van der Waals surface area contributed by atoms with Gasteiger partial charge in [-0.05, 0) is 24.8 Å². The van der Waals surface area contributed by atoms with Crippen molar-refractivity contribution in [2.75, 3.05) is 0 Å². The maximum atomic E-state index is 11.0. The van der Waals surface area contributed by atoms with E-state index in [-0.39, 0.29) is 12.1 Å². The number of rotatable bonds is 2. The van der Waals surface area contributed by atoms with Crippen molar-refractivity contribution in [2.24, 2.45) is 17.6 Å². The van der Waals surface area contributed by atoms with Gasteiger partial charge in [0.2, 0.25) is 0 Å². The van der Waals surface area contributed by atoms with Gasteiger partial charge in [-0.3, -0.25) is 4.79 Å². The molecule has 3 N–H and O–H groups in total. The van der Waals surface area contributed by atoms with E-state index in [0.29, 0.717) is 18.3 Å². The monoisotopic (exact) mass is 197 g/mol. The fraction of sp³-hybridized carbons (Fsp3) is 0.700. The highest BCUT2D eigenvalue weighted by Crippen LogP contribution is 2.41. The van der Waals surface area contributed by atoms with Gasteiger partial charge in [-0.15, -0.1) is 0 Å². The molecule has 4 heteroatoms. The van der Waals surface area contributed by atoms with Crippen LogP contribution in [-0.4, -0.2) is 23.4 Å². The zero-order chi connectivity index (χ0) is 10.1. The Kier molecular flexibility index (Phi) is 2.56. The average molecular weight is 197 g/mol. The Balaban J connectivity index is 1.98. The van der Waals surface area contributed by atoms with Crippen LogP contribution >= 0.6 is 0 Å². The molecule has 0 spiro atoms. The highest BCUT2D eigenvalue weighted by molar-refractivity contribution is 5.72. The molecule has 1 aliphatic heterocycles. The molecule has 0 radical (unpaired) electrons. The summed E-state index contributed by atoms with van der Waals surface area (Å²) >= 11 is 0. The largest absolute Gasteiger partial charge is 0.462 e. The Labute approximate surface area is 82.7 Å². The van der Waals surface area contributed by atoms with Crippen LogP contribution < -0.4 is 5.73 Å². The first-order valence-corrected chi connectivity index (χ1v) is 4.98. The van der Waals surface area contributed by atoms with Gasteiger partial charge in [-0.2, -0.15) is 0 Å². The summed E-state index contributed by atoms with van der Waals surface area (Å²) in [7, 11) is 0. The van der Waals surface area contributed by atoms with E-state index in [1.807, 2.05) is 6.08 Å². The first-order chi connectivity index (χ1) is 6.66. The SMILES string of the molecule is N[C@H](O)/C=C/[C@H]1CC[C@@H]2OC(=O)C[C@@H]21. The molecule has 0 aromatic rings. The number of nitrogens with two attached hydrogens (primary N) is 1. The quantitative estimate of drug-likeness (QED) is 0.376. The second-order valence-corrected chi connectivity index (χ2v) is 4.01. The lowest BCUT2D eigenvalue weighted by molar-refractivity contribution is -0.141. The lowest BCUT2D eigenvalue weighted by Crippen LogP contribution is -2.16. The molecule has 4 nitrogen and oxygen atoms in total. The van der Waals surface area contributed by atoms with E-state index in [4.69, 9.17) is 15.6 Å². The third-order valence-electron chi connectivity index (χ3n) is 3.05. The molecule has 2 fully saturated rings. The molecule has 1 saturated carbocycles. The van der Waals surface area contributed by atoms with E-state index in [1.165, 1.54) is 0 Å². The Morgan fingerprint density at radius 2 is 2.36 bits per heavy atom. The second-order valence-electron chi connectivity index (χ2n) is 4.01. The zero-order valence-corrected chi connectivity index (χ0v) is 7.93. The fourth-order valence-corrected chi connectivity index (χ4v) is 2.39. The van der Waals surface area contributed by atoms with Gasteiger partial charge in [-0.1, -0.05) is 6.08 Å². The van der Waals surface area contributed by atoms with Crippen molar-refractivity contribution in [3.05, 3.63) is 12.2 Å². The number of carbonyl (C=O) groups is 1. The number of aliphatic hydroxyl groups is 1. The van der Waals surface area contributed by atoms with Gasteiger partial charge in [0.05, 0.1) is 6.42 Å². The number of allylic oxidation sites excluding steroid dienone is 1. The van der Waals surface area contributed by atoms with Crippen LogP contribution in [0.4, 0.5) is 0 Å². The molecule has 1 saturated heterocycles. The molecular weight excluding hydrogens is 182 g/mol. The van der Waals surface area contributed by atoms with Crippen LogP contribution in [0.1, 0.15) is 19.3 Å². The summed E-state index contributed by atoms with van der Waals surface area (Å²) in [5.41, 5.74) is 5.21. The van der Waals surface area contributed by atoms with Crippen molar-refractivity contribution in [2.45, 2.75) is 31.6 Å². The van der Waals surface area contributed by atoms with Crippen molar-refractivity contribution in [3.8, 4) is 0 Å². The van der Waals surface area contributed by atoms with Crippen LogP contribution in [0.25, 0.3) is 0 Å². The molecule has 2 rings (SSSR count). The first kappa shape index (κ1) is 9.68. The van der Waals surface area contributed by atoms with Gasteiger partial charge in [0.15, 0.2) is 0 Å². The lowest BCUT2D eigenvalue weighted by atomic mass is 9.93. The van der Waals surface area contributed by atoms with E-state index >= 15 is 0 Å². The zero-order valence-electron chi connectivity index (χ0n) is 7.93. The molecular formula is C10H15NO3. The third-order valence-corrected chi connectivity index (χ3v) is 3.05. The fourth-order valence-electron chi connectivity index (χ4n) is 2.39. The Morgan fingerprint density at radius 3 is 3.07 bits per heavy atom. The smallest absolute Gasteiger partial charge is 0.306 e. The van der Waals surface area contributed by atoms with Crippen LogP contribution in [0, 0.1) is 11.8 Å². The number of aliphatic hydroxyl groups excluding tert-OH is 1. The summed E-state index contributed by atoms with van der Waals surface area (Å²) in [6, 6.07) is 0. The van der Waals surface area contributed by atoms with Crippen molar-refractivity contribution >= 4 is 5.97 Å². The molecule has 0 bridgehead atoms. The summed E-state index contributed by atoms with van der Waals surface area (Å²) < 4.78 is 5.16. The maximum absolute atomic E-state index is 11.0. The van der Waals surface area contributed by atoms with E-state index in [9.17, 15) is 4.79 Å². The average Bonchev–Trinajstić information content (AvgIpc) is 2.60. The van der Waals surface area contributed by atoms with Gasteiger partial charge < -0.3 is 15.6 Å². The van der Waals surface area contributed by atoms with Gasteiger partial charge in [0.25, 0.3) is 0 Å². The van der Waals surface area contributed by atoms with E-state index < -0.39 is 6.23 Å². The molecule has 0 aromatic carbocycles. The van der Waals surface area contributed by atoms with Gasteiger partial charge in [0.1, 0.15) is 12.3 Å². The molecule has 0 unspecified atom stereocenters. The van der Waals surface area contributed by atoms with Crippen molar-refractivity contribution in [3.63, 3.8) is 0 Å². The second kappa shape index (κ2) is 3.71. The molecule has 1 heterocycles. The molecule has 1 aliphatic carbocycles. The van der Waals surface area contributed by atoms with Crippen LogP contribution in [0.5, 0.6) is 0 Å². The minimum atomic E-state index is -0.896. The molecule has 0 aromatic heterocycles. The van der Waals surface area contributed by atoms with Crippen LogP contribution in [0.3, 0.4) is 0 Å². The minimum absolute atomic E-state index is 0.0913. The van der Waals surface area contributed by atoms with Crippen LogP contribution in [0.2, 0.25) is 0 Å². The molecule has 4 atom stereocenters. The number of hydrogen-bond donors (Lipinski definition) is 2. The van der Waals surface area contributed by atoms with E-state index in [0.717, 1.165) is 12.8 Å². The summed E-state index contributed by atoms with van der Waals surface area (Å²) in [6.45, 7) is 0. The molecule has 0 amide bonds. The normalized spacial score (nSPS) is 38.7. The Bertz CT molecular complexity index is 262. The summed E-state index contributed by atoms with van der Waals surface area (Å²) in [4.78, 5) is 11.0. The lowest BCUT2D eigenvalue weighted by Gasteiger charge is -2.11. The highest BCUT2D eigenvalue weighted by atomic mass is 16.5. The van der Waals surface area contributed by atoms with Crippen molar-refractivity contribution < 1.29 is 14.6 Å². The number of hydrogen-bond acceptors (Lipinski definition) is 4. The van der Waals surface area contributed by atoms with E-state index in [2.05, 4.69) is 0 Å². The van der Waals surface area contributed by atoms with Gasteiger partial charge in [0, 0.05) is 5.92 Å². The van der Waals surface area contributed by atoms with Crippen LogP contribution in [-0.2, 0) is 9.53 Å². The predicted octanol–water partition coefficient (Wildman–Crippen LogP) is 0.161. The number of ether oxygens (including phenoxy) is 1. The standard InChI is InChI=1S/C10H15NO3/c11-9(12)4-2-6-1-3-8-7(6)5-10(13)14-8/h2,4,6-9,12H,1,3,5,11H2/b4-2+/t6-,7-,8+,9-/m1/s1. The van der Waals surface area contributed by atoms with Crippen molar-refractivity contribution in [1.29, 1.82) is 0 Å². The predicted molar refractivity (Wildman–Crippen MR) is 50.0 cm³/mol. The third kappa shape index (κ3) is 1.81. The number of carbonyl (C=O) groups excluding carboxylic acids is 1. The summed E-state index contributed by atoms with van der Waals surface area (Å²) in [5.74, 6) is 0.550. The molecule has 78 valence electrons. The van der Waals surface area contributed by atoms with E-state index in [1.54, 1.807) is 6.08 Å². The Hall–Kier alpha value is -0.870. The molecule has 14 heavy (non-hydrogen) atoms.